The van der Waals surface area contributed by atoms with Gasteiger partial charge in [0.15, 0.2) is 0 Å². The van der Waals surface area contributed by atoms with E-state index >= 15 is 0 Å². The summed E-state index contributed by atoms with van der Waals surface area (Å²) in [5.41, 5.74) is 4.12. The predicted octanol–water partition coefficient (Wildman–Crippen LogP) is 5.18. The Balaban J connectivity index is 1.59. The molecule has 2 aromatic carbocycles. The highest BCUT2D eigenvalue weighted by Crippen LogP contribution is 2.19. The van der Waals surface area contributed by atoms with Gasteiger partial charge in [-0.1, -0.05) is 26.0 Å². The third-order valence-electron chi connectivity index (χ3n) is 3.88. The standard InChI is InChI=1S/C22H23N3O4S/c1-15(2)11-29-22(27)25-18-7-4-6-17(10-18)24-21(26)16-5-3-8-20(9-16)28-12-19-13-30-14-23-19/h3-10,13-15H,11-12H2,1-2H3,(H,24,26)(H,25,27). The first kappa shape index (κ1) is 21.3. The first-order valence-corrected chi connectivity index (χ1v) is 10.4. The van der Waals surface area contributed by atoms with Gasteiger partial charge in [0, 0.05) is 22.3 Å². The van der Waals surface area contributed by atoms with Gasteiger partial charge in [-0.3, -0.25) is 10.1 Å². The summed E-state index contributed by atoms with van der Waals surface area (Å²) in [5.74, 6) is 0.551. The average Bonchev–Trinajstić information content (AvgIpc) is 3.25. The lowest BCUT2D eigenvalue weighted by atomic mass is 10.2. The number of nitrogens with one attached hydrogen (secondary N) is 2. The molecule has 156 valence electrons. The number of hydrogen-bond acceptors (Lipinski definition) is 6. The fourth-order valence-electron chi connectivity index (χ4n) is 2.47. The molecule has 0 fully saturated rings. The highest BCUT2D eigenvalue weighted by atomic mass is 32.1. The highest BCUT2D eigenvalue weighted by molar-refractivity contribution is 7.07. The summed E-state index contributed by atoms with van der Waals surface area (Å²) in [6.07, 6.45) is -0.530. The van der Waals surface area contributed by atoms with Crippen LogP contribution in [0.3, 0.4) is 0 Å². The summed E-state index contributed by atoms with van der Waals surface area (Å²) in [5, 5.41) is 7.39. The maximum absolute atomic E-state index is 12.6. The molecule has 3 rings (SSSR count). The molecule has 1 heterocycles. The lowest BCUT2D eigenvalue weighted by Crippen LogP contribution is -2.17. The van der Waals surface area contributed by atoms with Crippen LogP contribution >= 0.6 is 11.3 Å². The van der Waals surface area contributed by atoms with Crippen molar-refractivity contribution < 1.29 is 19.1 Å². The molecule has 0 bridgehead atoms. The molecule has 0 aliphatic heterocycles. The second-order valence-electron chi connectivity index (χ2n) is 6.95. The zero-order chi connectivity index (χ0) is 21.3. The lowest BCUT2D eigenvalue weighted by Gasteiger charge is -2.11. The van der Waals surface area contributed by atoms with Crippen LogP contribution in [0.2, 0.25) is 0 Å². The molecule has 2 N–H and O–H groups in total. The second kappa shape index (κ2) is 10.4. The lowest BCUT2D eigenvalue weighted by molar-refractivity contribution is 0.102. The molecule has 30 heavy (non-hydrogen) atoms. The molecule has 0 aliphatic carbocycles. The summed E-state index contributed by atoms with van der Waals surface area (Å²) >= 11 is 1.50. The Morgan fingerprint density at radius 2 is 1.83 bits per heavy atom. The van der Waals surface area contributed by atoms with Gasteiger partial charge in [0.1, 0.15) is 12.4 Å². The van der Waals surface area contributed by atoms with E-state index in [0.29, 0.717) is 35.9 Å². The molecule has 0 atom stereocenters. The van der Waals surface area contributed by atoms with Gasteiger partial charge in [0.25, 0.3) is 5.91 Å². The number of rotatable bonds is 8. The van der Waals surface area contributed by atoms with Crippen molar-refractivity contribution in [2.45, 2.75) is 20.5 Å². The third kappa shape index (κ3) is 6.59. The van der Waals surface area contributed by atoms with Crippen molar-refractivity contribution >= 4 is 34.7 Å². The van der Waals surface area contributed by atoms with Crippen LogP contribution in [-0.2, 0) is 11.3 Å². The molecule has 0 saturated carbocycles. The molecule has 3 aromatic rings. The Hall–Kier alpha value is -3.39. The average molecular weight is 426 g/mol. The van der Waals surface area contributed by atoms with Gasteiger partial charge in [-0.15, -0.1) is 11.3 Å². The Kier molecular flexibility index (Phi) is 7.40. The monoisotopic (exact) mass is 425 g/mol. The van der Waals surface area contributed by atoms with Crippen LogP contribution in [0.15, 0.2) is 59.4 Å². The van der Waals surface area contributed by atoms with Gasteiger partial charge in [-0.05, 0) is 42.3 Å². The minimum absolute atomic E-state index is 0.252. The van der Waals surface area contributed by atoms with E-state index in [-0.39, 0.29) is 11.8 Å². The van der Waals surface area contributed by atoms with E-state index in [1.165, 1.54) is 11.3 Å². The van der Waals surface area contributed by atoms with E-state index in [4.69, 9.17) is 9.47 Å². The van der Waals surface area contributed by atoms with Crippen molar-refractivity contribution in [3.63, 3.8) is 0 Å². The molecule has 0 unspecified atom stereocenters. The van der Waals surface area contributed by atoms with E-state index in [1.807, 2.05) is 19.2 Å². The van der Waals surface area contributed by atoms with Crippen LogP contribution in [0.1, 0.15) is 29.9 Å². The number of aromatic nitrogens is 1. The number of anilines is 2. The zero-order valence-electron chi connectivity index (χ0n) is 16.8. The Bertz CT molecular complexity index is 990. The van der Waals surface area contributed by atoms with Crippen LogP contribution < -0.4 is 15.4 Å². The van der Waals surface area contributed by atoms with E-state index in [1.54, 1.807) is 54.0 Å². The second-order valence-corrected chi connectivity index (χ2v) is 7.67. The van der Waals surface area contributed by atoms with Crippen molar-refractivity contribution in [1.29, 1.82) is 0 Å². The van der Waals surface area contributed by atoms with Gasteiger partial charge >= 0.3 is 6.09 Å². The van der Waals surface area contributed by atoms with E-state index in [2.05, 4.69) is 15.6 Å². The van der Waals surface area contributed by atoms with Gasteiger partial charge in [-0.25, -0.2) is 9.78 Å². The summed E-state index contributed by atoms with van der Waals surface area (Å²) in [4.78, 5) is 28.6. The number of hydrogen-bond donors (Lipinski definition) is 2. The Morgan fingerprint density at radius 3 is 2.57 bits per heavy atom. The van der Waals surface area contributed by atoms with Gasteiger partial charge in [0.05, 0.1) is 17.8 Å². The normalized spacial score (nSPS) is 10.5. The maximum Gasteiger partial charge on any atom is 0.411 e. The van der Waals surface area contributed by atoms with Crippen LogP contribution in [0, 0.1) is 5.92 Å². The van der Waals surface area contributed by atoms with Gasteiger partial charge < -0.3 is 14.8 Å². The molecule has 1 aromatic heterocycles. The Morgan fingerprint density at radius 1 is 1.07 bits per heavy atom. The fraction of sp³-hybridized carbons (Fsp3) is 0.227. The van der Waals surface area contributed by atoms with Crippen molar-refractivity contribution in [2.24, 2.45) is 5.92 Å². The third-order valence-corrected chi connectivity index (χ3v) is 4.52. The molecule has 0 radical (unpaired) electrons. The number of benzene rings is 2. The number of thiazole rings is 1. The SMILES string of the molecule is CC(C)COC(=O)Nc1cccc(NC(=O)c2cccc(OCc3cscn3)c2)c1. The minimum Gasteiger partial charge on any atom is -0.487 e. The largest absolute Gasteiger partial charge is 0.487 e. The number of carbonyl (C=O) groups excluding carboxylic acids is 2. The molecule has 8 heteroatoms. The molecule has 0 aliphatic rings. The number of nitrogens with zero attached hydrogens (tertiary/aromatic N) is 1. The van der Waals surface area contributed by atoms with Crippen molar-refractivity contribution in [3.05, 3.63) is 70.7 Å². The fourth-order valence-corrected chi connectivity index (χ4v) is 3.01. The van der Waals surface area contributed by atoms with E-state index in [0.717, 1.165) is 5.69 Å². The molecule has 2 amide bonds. The zero-order valence-corrected chi connectivity index (χ0v) is 17.6. The molecular formula is C22H23N3O4S. The summed E-state index contributed by atoms with van der Waals surface area (Å²) in [7, 11) is 0. The quantitative estimate of drug-likeness (QED) is 0.519. The van der Waals surface area contributed by atoms with Crippen LogP contribution in [0.4, 0.5) is 16.2 Å². The van der Waals surface area contributed by atoms with Crippen LogP contribution in [0.25, 0.3) is 0 Å². The molecular weight excluding hydrogens is 402 g/mol. The van der Waals surface area contributed by atoms with E-state index in [9.17, 15) is 9.59 Å². The topological polar surface area (TPSA) is 89.6 Å². The molecule has 7 nitrogen and oxygen atoms in total. The van der Waals surface area contributed by atoms with E-state index < -0.39 is 6.09 Å². The smallest absolute Gasteiger partial charge is 0.411 e. The molecule has 0 spiro atoms. The molecule has 0 saturated heterocycles. The number of ether oxygens (including phenoxy) is 2. The van der Waals surface area contributed by atoms with Crippen molar-refractivity contribution in [1.82, 2.24) is 4.98 Å². The highest BCUT2D eigenvalue weighted by Gasteiger charge is 2.10. The van der Waals surface area contributed by atoms with Crippen LogP contribution in [-0.4, -0.2) is 23.6 Å². The van der Waals surface area contributed by atoms with Crippen LogP contribution in [0.5, 0.6) is 5.75 Å². The van der Waals surface area contributed by atoms with Gasteiger partial charge in [-0.2, -0.15) is 0 Å². The van der Waals surface area contributed by atoms with Crippen molar-refractivity contribution in [2.75, 3.05) is 17.2 Å². The summed E-state index contributed by atoms with van der Waals surface area (Å²) in [6, 6.07) is 13.8. The summed E-state index contributed by atoms with van der Waals surface area (Å²) in [6.45, 7) is 4.60. The first-order chi connectivity index (χ1) is 14.5. The first-order valence-electron chi connectivity index (χ1n) is 9.44. The summed E-state index contributed by atoms with van der Waals surface area (Å²) < 4.78 is 10.8. The number of carbonyl (C=O) groups is 2. The Labute approximate surface area is 179 Å². The minimum atomic E-state index is -0.530. The number of amides is 2. The van der Waals surface area contributed by atoms with Crippen molar-refractivity contribution in [3.8, 4) is 5.75 Å². The maximum atomic E-state index is 12.6. The van der Waals surface area contributed by atoms with Gasteiger partial charge in [0.2, 0.25) is 0 Å². The predicted molar refractivity (Wildman–Crippen MR) is 117 cm³/mol.